The molecule has 0 unspecified atom stereocenters. The van der Waals surface area contributed by atoms with Gasteiger partial charge in [-0.1, -0.05) is 12.1 Å². The van der Waals surface area contributed by atoms with E-state index < -0.39 is 37.2 Å². The molecule has 1 aromatic rings. The first-order valence-electron chi connectivity index (χ1n) is 5.69. The van der Waals surface area contributed by atoms with E-state index in [0.29, 0.717) is 5.56 Å². The highest BCUT2D eigenvalue weighted by atomic mass is 19.4. The van der Waals surface area contributed by atoms with Crippen molar-refractivity contribution in [1.29, 1.82) is 0 Å². The van der Waals surface area contributed by atoms with Crippen LogP contribution in [-0.2, 0) is 11.2 Å². The van der Waals surface area contributed by atoms with Gasteiger partial charge >= 0.3 is 12.5 Å². The fraction of sp³-hybridized carbons (Fsp3) is 0.417. The Morgan fingerprint density at radius 3 is 2.10 bits per heavy atom. The Hall–Kier alpha value is -1.77. The van der Waals surface area contributed by atoms with Crippen molar-refractivity contribution in [3.05, 3.63) is 29.8 Å². The number of hydrogen-bond acceptors (Lipinski definition) is 3. The van der Waals surface area contributed by atoms with Gasteiger partial charge in [0.25, 0.3) is 0 Å². The Labute approximate surface area is 115 Å². The number of alkyl halides is 6. The van der Waals surface area contributed by atoms with Crippen LogP contribution in [0.5, 0.6) is 5.75 Å². The summed E-state index contributed by atoms with van der Waals surface area (Å²) in [5, 5.41) is 1.94. The maximum Gasteiger partial charge on any atom is 0.573 e. The molecule has 0 bridgehead atoms. The number of ketones is 1. The number of halogens is 6. The lowest BCUT2D eigenvalue weighted by molar-refractivity contribution is -0.274. The Balaban J connectivity index is 2.43. The van der Waals surface area contributed by atoms with Crippen molar-refractivity contribution in [2.24, 2.45) is 0 Å². The monoisotopic (exact) mass is 315 g/mol. The number of carbonyl (C=O) groups excluding carboxylic acids is 1. The fourth-order valence-corrected chi connectivity index (χ4v) is 1.44. The van der Waals surface area contributed by atoms with Crippen LogP contribution in [0.4, 0.5) is 26.3 Å². The maximum atomic E-state index is 11.9. The smallest absolute Gasteiger partial charge is 0.406 e. The molecule has 9 heteroatoms. The molecule has 118 valence electrons. The second-order valence-electron chi connectivity index (χ2n) is 4.13. The second kappa shape index (κ2) is 6.79. The zero-order valence-corrected chi connectivity index (χ0v) is 10.5. The minimum Gasteiger partial charge on any atom is -0.406 e. The summed E-state index contributed by atoms with van der Waals surface area (Å²) in [5.74, 6) is -0.947. The average Bonchev–Trinajstić information content (AvgIpc) is 2.28. The molecule has 21 heavy (non-hydrogen) atoms. The molecule has 1 rings (SSSR count). The maximum absolute atomic E-state index is 11.9. The Morgan fingerprint density at radius 1 is 1.05 bits per heavy atom. The van der Waals surface area contributed by atoms with Crippen LogP contribution < -0.4 is 10.1 Å². The summed E-state index contributed by atoms with van der Waals surface area (Å²) in [5.41, 5.74) is 0.378. The minimum absolute atomic E-state index is 0.183. The first-order chi connectivity index (χ1) is 9.55. The molecular formula is C12H11F6NO2. The van der Waals surface area contributed by atoms with Gasteiger partial charge in [0.05, 0.1) is 13.1 Å². The van der Waals surface area contributed by atoms with E-state index in [0.717, 1.165) is 12.1 Å². The molecule has 0 saturated heterocycles. The SMILES string of the molecule is O=C(CNCC(F)(F)F)Cc1ccc(OC(F)(F)F)cc1. The number of benzene rings is 1. The topological polar surface area (TPSA) is 38.3 Å². The third kappa shape index (κ3) is 8.18. The molecule has 0 aromatic heterocycles. The normalized spacial score (nSPS) is 12.3. The predicted octanol–water partition coefficient (Wildman–Crippen LogP) is 2.85. The average molecular weight is 315 g/mol. The summed E-state index contributed by atoms with van der Waals surface area (Å²) in [6.07, 6.45) is -9.40. The Morgan fingerprint density at radius 2 is 1.62 bits per heavy atom. The van der Waals surface area contributed by atoms with E-state index in [9.17, 15) is 31.1 Å². The van der Waals surface area contributed by atoms with E-state index in [2.05, 4.69) is 4.74 Å². The Kier molecular flexibility index (Phi) is 5.59. The number of nitrogens with one attached hydrogen (secondary N) is 1. The zero-order chi connectivity index (χ0) is 16.1. The second-order valence-corrected chi connectivity index (χ2v) is 4.13. The van der Waals surface area contributed by atoms with Gasteiger partial charge in [-0.3, -0.25) is 4.79 Å². The molecule has 0 heterocycles. The molecule has 0 fully saturated rings. The van der Waals surface area contributed by atoms with Crippen LogP contribution in [0.15, 0.2) is 24.3 Å². The summed E-state index contributed by atoms with van der Waals surface area (Å²) >= 11 is 0. The standard InChI is InChI=1S/C12H11F6NO2/c13-11(14,15)7-19-6-9(20)5-8-1-3-10(4-2-8)21-12(16,17)18/h1-4,19H,5-7H2. The van der Waals surface area contributed by atoms with E-state index in [1.54, 1.807) is 0 Å². The largest absolute Gasteiger partial charge is 0.573 e. The van der Waals surface area contributed by atoms with E-state index in [1.165, 1.54) is 12.1 Å². The molecule has 1 N–H and O–H groups in total. The first-order valence-corrected chi connectivity index (χ1v) is 5.69. The summed E-state index contributed by atoms with van der Waals surface area (Å²) in [6.45, 7) is -1.75. The highest BCUT2D eigenvalue weighted by molar-refractivity contribution is 5.82. The summed E-state index contributed by atoms with van der Waals surface area (Å²) in [4.78, 5) is 11.4. The van der Waals surface area contributed by atoms with Crippen LogP contribution in [0.2, 0.25) is 0 Å². The molecule has 0 radical (unpaired) electrons. The fourth-order valence-electron chi connectivity index (χ4n) is 1.44. The third-order valence-electron chi connectivity index (χ3n) is 2.21. The van der Waals surface area contributed by atoms with Crippen molar-refractivity contribution in [2.45, 2.75) is 19.0 Å². The van der Waals surface area contributed by atoms with Crippen molar-refractivity contribution in [2.75, 3.05) is 13.1 Å². The molecule has 0 aliphatic heterocycles. The lowest BCUT2D eigenvalue weighted by Crippen LogP contribution is -2.33. The number of rotatable bonds is 6. The van der Waals surface area contributed by atoms with Gasteiger partial charge in [-0.2, -0.15) is 13.2 Å². The van der Waals surface area contributed by atoms with E-state index >= 15 is 0 Å². The van der Waals surface area contributed by atoms with E-state index in [-0.39, 0.29) is 6.42 Å². The lowest BCUT2D eigenvalue weighted by atomic mass is 10.1. The number of hydrogen-bond donors (Lipinski definition) is 1. The van der Waals surface area contributed by atoms with Gasteiger partial charge in [0.1, 0.15) is 5.75 Å². The molecule has 3 nitrogen and oxygen atoms in total. The molecule has 1 aromatic carbocycles. The molecule has 0 aliphatic carbocycles. The van der Waals surface area contributed by atoms with Crippen molar-refractivity contribution in [1.82, 2.24) is 5.32 Å². The van der Waals surface area contributed by atoms with Crippen molar-refractivity contribution in [3.8, 4) is 5.75 Å². The van der Waals surface area contributed by atoms with Gasteiger partial charge in [0, 0.05) is 6.42 Å². The van der Waals surface area contributed by atoms with Crippen LogP contribution in [0.3, 0.4) is 0 Å². The summed E-state index contributed by atoms with van der Waals surface area (Å²) in [7, 11) is 0. The van der Waals surface area contributed by atoms with Crippen molar-refractivity contribution in [3.63, 3.8) is 0 Å². The summed E-state index contributed by atoms with van der Waals surface area (Å²) < 4.78 is 74.9. The molecule has 0 amide bonds. The Bertz CT molecular complexity index is 466. The van der Waals surface area contributed by atoms with Crippen LogP contribution in [0.25, 0.3) is 0 Å². The van der Waals surface area contributed by atoms with Crippen molar-refractivity contribution < 1.29 is 35.9 Å². The van der Waals surface area contributed by atoms with Gasteiger partial charge in [-0.05, 0) is 17.7 Å². The molecule has 0 atom stereocenters. The van der Waals surface area contributed by atoms with Gasteiger partial charge in [-0.15, -0.1) is 13.2 Å². The highest BCUT2D eigenvalue weighted by Crippen LogP contribution is 2.22. The quantitative estimate of drug-likeness (QED) is 0.821. The number of carbonyl (C=O) groups is 1. The lowest BCUT2D eigenvalue weighted by Gasteiger charge is -2.09. The molecule has 0 saturated carbocycles. The first kappa shape index (κ1) is 17.3. The molecule has 0 spiro atoms. The zero-order valence-electron chi connectivity index (χ0n) is 10.5. The van der Waals surface area contributed by atoms with Gasteiger partial charge in [0.2, 0.25) is 0 Å². The highest BCUT2D eigenvalue weighted by Gasteiger charge is 2.31. The van der Waals surface area contributed by atoms with E-state index in [4.69, 9.17) is 0 Å². The number of ether oxygens (including phenoxy) is 1. The van der Waals surface area contributed by atoms with E-state index in [1.807, 2.05) is 5.32 Å². The molecule has 0 aliphatic rings. The number of Topliss-reactive ketones (excluding diaryl/α,β-unsaturated/α-hetero) is 1. The minimum atomic E-state index is -4.81. The van der Waals surface area contributed by atoms with Crippen LogP contribution in [0.1, 0.15) is 5.56 Å². The van der Waals surface area contributed by atoms with Crippen molar-refractivity contribution >= 4 is 5.78 Å². The van der Waals surface area contributed by atoms with Crippen LogP contribution >= 0.6 is 0 Å². The van der Waals surface area contributed by atoms with Gasteiger partial charge < -0.3 is 10.1 Å². The van der Waals surface area contributed by atoms with Crippen LogP contribution in [0, 0.1) is 0 Å². The van der Waals surface area contributed by atoms with Gasteiger partial charge in [-0.25, -0.2) is 0 Å². The molecular weight excluding hydrogens is 304 g/mol. The third-order valence-corrected chi connectivity index (χ3v) is 2.21. The van der Waals surface area contributed by atoms with Gasteiger partial charge in [0.15, 0.2) is 5.78 Å². The predicted molar refractivity (Wildman–Crippen MR) is 60.8 cm³/mol. The van der Waals surface area contributed by atoms with Crippen LogP contribution in [-0.4, -0.2) is 31.4 Å². The summed E-state index contributed by atoms with van der Waals surface area (Å²) in [6, 6.07) is 4.53.